The lowest BCUT2D eigenvalue weighted by Crippen LogP contribution is -2.28. The fraction of sp³-hybridized carbons (Fsp3) is 0.417. The average Bonchev–Trinajstić information content (AvgIpc) is 2.66. The zero-order valence-corrected chi connectivity index (χ0v) is 9.15. The van der Waals surface area contributed by atoms with E-state index < -0.39 is 24.5 Å². The molecule has 17 heavy (non-hydrogen) atoms. The van der Waals surface area contributed by atoms with Gasteiger partial charge < -0.3 is 19.7 Å². The largest absolute Gasteiger partial charge is 0.459 e. The summed E-state index contributed by atoms with van der Waals surface area (Å²) in [5.74, 6) is -0.470. The average molecular weight is 238 g/mol. The molecule has 0 aliphatic carbocycles. The van der Waals surface area contributed by atoms with Crippen LogP contribution in [0.25, 0.3) is 0 Å². The Balaban J connectivity index is 1.85. The number of esters is 1. The second-order valence-corrected chi connectivity index (χ2v) is 3.90. The summed E-state index contributed by atoms with van der Waals surface area (Å²) in [7, 11) is 0. The van der Waals surface area contributed by atoms with Crippen molar-refractivity contribution >= 4 is 5.97 Å². The van der Waals surface area contributed by atoms with Crippen LogP contribution in [0.1, 0.15) is 16.8 Å². The summed E-state index contributed by atoms with van der Waals surface area (Å²) in [4.78, 5) is 11.6. The molecule has 0 saturated carbocycles. The third-order valence-corrected chi connectivity index (χ3v) is 2.59. The van der Waals surface area contributed by atoms with E-state index in [1.165, 1.54) is 0 Å². The molecule has 1 heterocycles. The predicted molar refractivity (Wildman–Crippen MR) is 58.2 cm³/mol. The fourth-order valence-corrected chi connectivity index (χ4v) is 1.67. The van der Waals surface area contributed by atoms with Crippen molar-refractivity contribution in [2.75, 3.05) is 6.61 Å². The van der Waals surface area contributed by atoms with Crippen molar-refractivity contribution in [1.29, 1.82) is 0 Å². The number of carbonyl (C=O) groups excluding carboxylic acids is 1. The molecule has 5 heteroatoms. The second kappa shape index (κ2) is 5.27. The lowest BCUT2D eigenvalue weighted by Gasteiger charge is -2.13. The first-order chi connectivity index (χ1) is 8.16. The summed E-state index contributed by atoms with van der Waals surface area (Å²) in [6.07, 6.45) is -2.29. The predicted octanol–water partition coefficient (Wildman–Crippen LogP) is 0.312. The Bertz CT molecular complexity index is 378. The first-order valence-corrected chi connectivity index (χ1v) is 5.40. The minimum atomic E-state index is -0.981. The molecule has 1 aromatic rings. The highest BCUT2D eigenvalue weighted by molar-refractivity contribution is 5.89. The quantitative estimate of drug-likeness (QED) is 0.741. The molecule has 1 saturated heterocycles. The fourth-order valence-electron chi connectivity index (χ4n) is 1.67. The van der Waals surface area contributed by atoms with Crippen LogP contribution in [0.15, 0.2) is 30.3 Å². The third kappa shape index (κ3) is 3.03. The number of hydrogen-bond acceptors (Lipinski definition) is 5. The van der Waals surface area contributed by atoms with E-state index in [0.717, 1.165) is 0 Å². The molecule has 2 rings (SSSR count). The zero-order chi connectivity index (χ0) is 12.3. The Labute approximate surface area is 98.6 Å². The first-order valence-electron chi connectivity index (χ1n) is 5.40. The van der Waals surface area contributed by atoms with E-state index in [-0.39, 0.29) is 13.0 Å². The van der Waals surface area contributed by atoms with Gasteiger partial charge in [-0.25, -0.2) is 4.79 Å². The van der Waals surface area contributed by atoms with Crippen LogP contribution in [0.4, 0.5) is 0 Å². The topological polar surface area (TPSA) is 76.0 Å². The van der Waals surface area contributed by atoms with E-state index in [0.29, 0.717) is 5.56 Å². The van der Waals surface area contributed by atoms with Crippen molar-refractivity contribution in [1.82, 2.24) is 0 Å². The molecule has 1 fully saturated rings. The van der Waals surface area contributed by atoms with Gasteiger partial charge in [-0.05, 0) is 12.1 Å². The van der Waals surface area contributed by atoms with Crippen molar-refractivity contribution < 1.29 is 24.5 Å². The Morgan fingerprint density at radius 3 is 2.65 bits per heavy atom. The highest BCUT2D eigenvalue weighted by atomic mass is 16.6. The lowest BCUT2D eigenvalue weighted by atomic mass is 10.2. The molecule has 0 radical (unpaired) electrons. The van der Waals surface area contributed by atoms with Gasteiger partial charge in [0.15, 0.2) is 6.29 Å². The first kappa shape index (κ1) is 12.0. The third-order valence-electron chi connectivity index (χ3n) is 2.59. The molecule has 0 aromatic heterocycles. The van der Waals surface area contributed by atoms with E-state index in [2.05, 4.69) is 0 Å². The number of carbonyl (C=O) groups is 1. The molecule has 1 aliphatic rings. The van der Waals surface area contributed by atoms with E-state index in [1.54, 1.807) is 30.3 Å². The molecule has 0 amide bonds. The minimum Gasteiger partial charge on any atom is -0.459 e. The molecule has 3 atom stereocenters. The van der Waals surface area contributed by atoms with E-state index >= 15 is 0 Å². The SMILES string of the molecule is O=C(OC[C@@H]1O[C@H](O)C[C@H]1O)c1ccccc1. The summed E-state index contributed by atoms with van der Waals surface area (Å²) in [6, 6.07) is 8.56. The van der Waals surface area contributed by atoms with Crippen molar-refractivity contribution in [3.63, 3.8) is 0 Å². The summed E-state index contributed by atoms with van der Waals surface area (Å²) in [5.41, 5.74) is 0.445. The maximum Gasteiger partial charge on any atom is 0.338 e. The lowest BCUT2D eigenvalue weighted by molar-refractivity contribution is -0.109. The van der Waals surface area contributed by atoms with Gasteiger partial charge in [-0.2, -0.15) is 0 Å². The van der Waals surface area contributed by atoms with Gasteiger partial charge in [-0.1, -0.05) is 18.2 Å². The molecule has 2 N–H and O–H groups in total. The number of aliphatic hydroxyl groups excluding tert-OH is 2. The molecule has 5 nitrogen and oxygen atoms in total. The standard InChI is InChI=1S/C12H14O5/c13-9-6-11(14)17-10(9)7-16-12(15)8-4-2-1-3-5-8/h1-5,9-11,13-14H,6-7H2/t9-,10+,11+/m1/s1. The molecule has 0 unspecified atom stereocenters. The van der Waals surface area contributed by atoms with E-state index in [4.69, 9.17) is 14.6 Å². The van der Waals surface area contributed by atoms with Crippen LogP contribution in [0.2, 0.25) is 0 Å². The molecule has 1 aliphatic heterocycles. The normalized spacial score (nSPS) is 28.0. The zero-order valence-electron chi connectivity index (χ0n) is 9.15. The molecule has 0 spiro atoms. The molecular weight excluding hydrogens is 224 g/mol. The van der Waals surface area contributed by atoms with Crippen LogP contribution in [0.5, 0.6) is 0 Å². The molecule has 0 bridgehead atoms. The Morgan fingerprint density at radius 2 is 2.06 bits per heavy atom. The molecule has 92 valence electrons. The number of aliphatic hydroxyl groups is 2. The number of rotatable bonds is 3. The van der Waals surface area contributed by atoms with Gasteiger partial charge in [0.1, 0.15) is 12.7 Å². The number of ether oxygens (including phenoxy) is 2. The Morgan fingerprint density at radius 1 is 1.35 bits per heavy atom. The Kier molecular flexibility index (Phi) is 3.73. The van der Waals surface area contributed by atoms with Gasteiger partial charge >= 0.3 is 5.97 Å². The van der Waals surface area contributed by atoms with Gasteiger partial charge in [0.2, 0.25) is 0 Å². The van der Waals surface area contributed by atoms with Crippen molar-refractivity contribution in [3.8, 4) is 0 Å². The maximum absolute atomic E-state index is 11.6. The van der Waals surface area contributed by atoms with Crippen LogP contribution in [-0.4, -0.2) is 41.3 Å². The summed E-state index contributed by atoms with van der Waals surface area (Å²) < 4.78 is 9.98. The molecule has 1 aromatic carbocycles. The van der Waals surface area contributed by atoms with Gasteiger partial charge in [0, 0.05) is 6.42 Å². The van der Waals surface area contributed by atoms with Crippen molar-refractivity contribution in [2.45, 2.75) is 24.9 Å². The highest BCUT2D eigenvalue weighted by Crippen LogP contribution is 2.19. The van der Waals surface area contributed by atoms with E-state index in [1.807, 2.05) is 0 Å². The van der Waals surface area contributed by atoms with Crippen molar-refractivity contribution in [3.05, 3.63) is 35.9 Å². The monoisotopic (exact) mass is 238 g/mol. The minimum absolute atomic E-state index is 0.0635. The van der Waals surface area contributed by atoms with Gasteiger partial charge in [0.05, 0.1) is 11.7 Å². The van der Waals surface area contributed by atoms with Gasteiger partial charge in [0.25, 0.3) is 0 Å². The van der Waals surface area contributed by atoms with Crippen LogP contribution >= 0.6 is 0 Å². The summed E-state index contributed by atoms with van der Waals surface area (Å²) >= 11 is 0. The van der Waals surface area contributed by atoms with Crippen LogP contribution < -0.4 is 0 Å². The van der Waals surface area contributed by atoms with Crippen LogP contribution in [0, 0.1) is 0 Å². The van der Waals surface area contributed by atoms with E-state index in [9.17, 15) is 9.90 Å². The number of benzene rings is 1. The number of hydrogen-bond donors (Lipinski definition) is 2. The van der Waals surface area contributed by atoms with Crippen molar-refractivity contribution in [2.24, 2.45) is 0 Å². The smallest absolute Gasteiger partial charge is 0.338 e. The maximum atomic E-state index is 11.6. The van der Waals surface area contributed by atoms with Gasteiger partial charge in [-0.15, -0.1) is 0 Å². The van der Waals surface area contributed by atoms with Crippen LogP contribution in [-0.2, 0) is 9.47 Å². The van der Waals surface area contributed by atoms with Gasteiger partial charge in [-0.3, -0.25) is 0 Å². The summed E-state index contributed by atoms with van der Waals surface area (Å²) in [6.45, 7) is -0.0635. The summed E-state index contributed by atoms with van der Waals surface area (Å²) in [5, 5.41) is 18.6. The molecular formula is C12H14O5. The highest BCUT2D eigenvalue weighted by Gasteiger charge is 2.33. The Hall–Kier alpha value is -1.43. The second-order valence-electron chi connectivity index (χ2n) is 3.90. The van der Waals surface area contributed by atoms with Crippen LogP contribution in [0.3, 0.4) is 0 Å².